The second-order valence-corrected chi connectivity index (χ2v) is 10.0. The van der Waals surface area contributed by atoms with Gasteiger partial charge in [-0.2, -0.15) is 0 Å². The van der Waals surface area contributed by atoms with E-state index in [-0.39, 0.29) is 34.7 Å². The summed E-state index contributed by atoms with van der Waals surface area (Å²) in [7, 11) is 1.53. The molecule has 4 rings (SSSR count). The van der Waals surface area contributed by atoms with Gasteiger partial charge in [0.2, 0.25) is 5.91 Å². The van der Waals surface area contributed by atoms with Crippen LogP contribution in [0.3, 0.4) is 0 Å². The third-order valence-electron chi connectivity index (χ3n) is 8.86. The second-order valence-electron chi connectivity index (χ2n) is 10.0. The molecule has 4 aliphatic rings. The summed E-state index contributed by atoms with van der Waals surface area (Å²) in [4.78, 5) is 24.5. The Morgan fingerprint density at radius 3 is 2.62 bits per heavy atom. The van der Waals surface area contributed by atoms with Crippen LogP contribution in [-0.2, 0) is 14.3 Å². The molecule has 1 heterocycles. The van der Waals surface area contributed by atoms with Crippen molar-refractivity contribution >= 4 is 11.9 Å². The normalized spacial score (nSPS) is 52.5. The molecule has 3 saturated carbocycles. The van der Waals surface area contributed by atoms with Crippen molar-refractivity contribution in [3.05, 3.63) is 12.2 Å². The number of amides is 1. The van der Waals surface area contributed by atoms with Gasteiger partial charge in [0, 0.05) is 11.5 Å². The summed E-state index contributed by atoms with van der Waals surface area (Å²) < 4.78 is 5.20. The minimum Gasteiger partial charge on any atom is -0.469 e. The molecule has 144 valence electrons. The van der Waals surface area contributed by atoms with Gasteiger partial charge >= 0.3 is 5.97 Å². The molecule has 1 N–H and O–H groups in total. The summed E-state index contributed by atoms with van der Waals surface area (Å²) >= 11 is 0. The molecule has 4 heteroatoms. The number of nitrogens with one attached hydrogen (secondary N) is 1. The van der Waals surface area contributed by atoms with E-state index in [1.54, 1.807) is 6.08 Å². The fourth-order valence-corrected chi connectivity index (χ4v) is 7.68. The lowest BCUT2D eigenvalue weighted by Gasteiger charge is -2.60. The summed E-state index contributed by atoms with van der Waals surface area (Å²) in [6, 6.07) is 0.246. The summed E-state index contributed by atoms with van der Waals surface area (Å²) in [6.07, 6.45) is 8.32. The van der Waals surface area contributed by atoms with Gasteiger partial charge in [-0.15, -0.1) is 0 Å². The van der Waals surface area contributed by atoms with Crippen LogP contribution in [0.15, 0.2) is 12.2 Å². The first-order chi connectivity index (χ1) is 12.2. The van der Waals surface area contributed by atoms with E-state index >= 15 is 0 Å². The third-order valence-corrected chi connectivity index (χ3v) is 8.86. The Labute approximate surface area is 157 Å². The topological polar surface area (TPSA) is 55.4 Å². The van der Waals surface area contributed by atoms with Crippen molar-refractivity contribution < 1.29 is 14.3 Å². The van der Waals surface area contributed by atoms with Crippen molar-refractivity contribution in [1.82, 2.24) is 5.32 Å². The average molecular weight is 360 g/mol. The van der Waals surface area contributed by atoms with Gasteiger partial charge in [0.05, 0.1) is 13.0 Å². The largest absolute Gasteiger partial charge is 0.469 e. The summed E-state index contributed by atoms with van der Waals surface area (Å²) in [5, 5.41) is 3.24. The highest BCUT2D eigenvalue weighted by Gasteiger charge is 2.64. The number of rotatable bonds is 1. The lowest BCUT2D eigenvalue weighted by atomic mass is 9.45. The molecular weight excluding hydrogens is 326 g/mol. The van der Waals surface area contributed by atoms with Gasteiger partial charge in [-0.1, -0.05) is 33.8 Å². The van der Waals surface area contributed by atoms with Crippen molar-refractivity contribution in [2.45, 2.75) is 59.4 Å². The SMILES string of the molecule is COC(=O)C1C(C)CC2C3C(C)CC4NC(=O)C=CC4(C)C3CCC21C. The Hall–Kier alpha value is -1.32. The number of methoxy groups -OCH3 is 1. The van der Waals surface area contributed by atoms with Crippen molar-refractivity contribution in [3.8, 4) is 0 Å². The maximum absolute atomic E-state index is 12.6. The first kappa shape index (κ1) is 18.1. The van der Waals surface area contributed by atoms with Crippen LogP contribution >= 0.6 is 0 Å². The lowest BCUT2D eigenvalue weighted by molar-refractivity contribution is -0.156. The third kappa shape index (κ3) is 2.26. The molecule has 0 saturated heterocycles. The number of carbonyl (C=O) groups excluding carboxylic acids is 2. The lowest BCUT2D eigenvalue weighted by Crippen LogP contribution is -2.61. The molecule has 9 atom stereocenters. The molecule has 26 heavy (non-hydrogen) atoms. The van der Waals surface area contributed by atoms with Crippen LogP contribution in [0.2, 0.25) is 0 Å². The zero-order valence-electron chi connectivity index (χ0n) is 16.7. The minimum absolute atomic E-state index is 0.0154. The van der Waals surface area contributed by atoms with Crippen LogP contribution < -0.4 is 5.32 Å². The van der Waals surface area contributed by atoms with E-state index in [0.29, 0.717) is 29.6 Å². The molecule has 0 aromatic carbocycles. The summed E-state index contributed by atoms with van der Waals surface area (Å²) in [6.45, 7) is 9.29. The molecule has 3 fully saturated rings. The predicted molar refractivity (Wildman–Crippen MR) is 100 cm³/mol. The zero-order chi connectivity index (χ0) is 18.9. The first-order valence-electron chi connectivity index (χ1n) is 10.3. The van der Waals surface area contributed by atoms with Crippen LogP contribution in [0, 0.1) is 46.3 Å². The predicted octanol–water partition coefficient (Wildman–Crippen LogP) is 3.56. The Morgan fingerprint density at radius 1 is 1.19 bits per heavy atom. The second kappa shape index (κ2) is 5.84. The van der Waals surface area contributed by atoms with Gasteiger partial charge in [0.1, 0.15) is 0 Å². The standard InChI is InChI=1S/C22H33NO3/c1-12-11-16-21(3,9-7-17(24)23-16)14-6-8-22(4)15(18(12)14)10-13(2)19(22)20(25)26-5/h7,9,12-16,18-19H,6,8,10-11H2,1-5H3,(H,23,24). The Balaban J connectivity index is 1.71. The number of hydrogen-bond acceptors (Lipinski definition) is 3. The Kier molecular flexibility index (Phi) is 4.06. The summed E-state index contributed by atoms with van der Waals surface area (Å²) in [5.41, 5.74) is 0.0891. The highest BCUT2D eigenvalue weighted by Crippen LogP contribution is 2.67. The van der Waals surface area contributed by atoms with Crippen molar-refractivity contribution in [3.63, 3.8) is 0 Å². The Bertz CT molecular complexity index is 658. The molecule has 4 nitrogen and oxygen atoms in total. The molecule has 0 aromatic rings. The van der Waals surface area contributed by atoms with E-state index in [9.17, 15) is 9.59 Å². The van der Waals surface area contributed by atoms with E-state index in [0.717, 1.165) is 25.7 Å². The van der Waals surface area contributed by atoms with Crippen molar-refractivity contribution in [2.75, 3.05) is 7.11 Å². The van der Waals surface area contributed by atoms with Crippen LogP contribution in [0.1, 0.15) is 53.4 Å². The minimum atomic E-state index is -0.0154. The van der Waals surface area contributed by atoms with Crippen molar-refractivity contribution in [2.24, 2.45) is 46.3 Å². The molecule has 9 unspecified atom stereocenters. The molecule has 0 aromatic heterocycles. The number of carbonyl (C=O) groups is 2. The van der Waals surface area contributed by atoms with Gasteiger partial charge in [-0.05, 0) is 66.8 Å². The Morgan fingerprint density at radius 2 is 1.92 bits per heavy atom. The van der Waals surface area contributed by atoms with Gasteiger partial charge in [-0.25, -0.2) is 0 Å². The molecule has 1 aliphatic heterocycles. The molecule has 0 radical (unpaired) electrons. The smallest absolute Gasteiger partial charge is 0.309 e. The van der Waals surface area contributed by atoms with Gasteiger partial charge in [-0.3, -0.25) is 9.59 Å². The number of ether oxygens (including phenoxy) is 1. The number of esters is 1. The first-order valence-corrected chi connectivity index (χ1v) is 10.3. The van der Waals surface area contributed by atoms with Crippen molar-refractivity contribution in [1.29, 1.82) is 0 Å². The molecule has 3 aliphatic carbocycles. The van der Waals surface area contributed by atoms with Gasteiger partial charge < -0.3 is 10.1 Å². The maximum Gasteiger partial charge on any atom is 0.309 e. The molecule has 0 bridgehead atoms. The van der Waals surface area contributed by atoms with E-state index in [1.807, 2.05) is 0 Å². The molecular formula is C22H33NO3. The maximum atomic E-state index is 12.6. The van der Waals surface area contributed by atoms with E-state index in [4.69, 9.17) is 4.74 Å². The van der Waals surface area contributed by atoms with Gasteiger partial charge in [0.15, 0.2) is 0 Å². The van der Waals surface area contributed by atoms with E-state index in [2.05, 4.69) is 39.1 Å². The number of fused-ring (bicyclic) bond motifs is 5. The summed E-state index contributed by atoms with van der Waals surface area (Å²) in [5.74, 6) is 2.78. The zero-order valence-corrected chi connectivity index (χ0v) is 16.7. The highest BCUT2D eigenvalue weighted by molar-refractivity contribution is 5.89. The molecule has 0 spiro atoms. The molecule has 1 amide bonds. The average Bonchev–Trinajstić information content (AvgIpc) is 2.86. The monoisotopic (exact) mass is 359 g/mol. The van der Waals surface area contributed by atoms with Crippen LogP contribution in [-0.4, -0.2) is 25.0 Å². The highest BCUT2D eigenvalue weighted by atomic mass is 16.5. The fourth-order valence-electron chi connectivity index (χ4n) is 7.68. The van der Waals surface area contributed by atoms with Crippen LogP contribution in [0.5, 0.6) is 0 Å². The van der Waals surface area contributed by atoms with E-state index in [1.165, 1.54) is 7.11 Å². The quantitative estimate of drug-likeness (QED) is 0.728. The number of hydrogen-bond donors (Lipinski definition) is 1. The fraction of sp³-hybridized carbons (Fsp3) is 0.818. The van der Waals surface area contributed by atoms with Crippen LogP contribution in [0.4, 0.5) is 0 Å². The van der Waals surface area contributed by atoms with E-state index < -0.39 is 0 Å². The van der Waals surface area contributed by atoms with Crippen LogP contribution in [0.25, 0.3) is 0 Å². The van der Waals surface area contributed by atoms with Gasteiger partial charge in [0.25, 0.3) is 0 Å².